The Hall–Kier alpha value is -2.33. The van der Waals surface area contributed by atoms with Crippen LogP contribution in [0.25, 0.3) is 0 Å². The fraction of sp³-hybridized carbons (Fsp3) is 0.125. The highest BCUT2D eigenvalue weighted by Gasteiger charge is 2.21. The molecule has 0 fully saturated rings. The molecule has 0 aliphatic carbocycles. The quantitative estimate of drug-likeness (QED) is 0.627. The fourth-order valence-corrected chi connectivity index (χ4v) is 2.06. The number of ether oxygens (including phenoxy) is 2. The summed E-state index contributed by atoms with van der Waals surface area (Å²) < 4.78 is 10.2. The van der Waals surface area contributed by atoms with Crippen LogP contribution in [0.3, 0.4) is 0 Å². The summed E-state index contributed by atoms with van der Waals surface area (Å²) in [6.07, 6.45) is 0. The first kappa shape index (κ1) is 15.1. The summed E-state index contributed by atoms with van der Waals surface area (Å²) in [6, 6.07) is 11.0. The third-order valence-corrected chi connectivity index (χ3v) is 3.27. The van der Waals surface area contributed by atoms with Crippen LogP contribution in [0.1, 0.15) is 20.7 Å². The van der Waals surface area contributed by atoms with E-state index in [0.717, 1.165) is 0 Å². The van der Waals surface area contributed by atoms with Crippen molar-refractivity contribution in [2.75, 3.05) is 14.2 Å². The Labute approximate surface area is 127 Å². The normalized spacial score (nSPS) is 10.0. The third kappa shape index (κ3) is 3.23. The SMILES string of the molecule is COc1cc(OC)cc(C(=O)C(=O)c2ccccc2Cl)c1. The maximum Gasteiger partial charge on any atom is 0.235 e. The van der Waals surface area contributed by atoms with E-state index in [-0.39, 0.29) is 16.1 Å². The van der Waals surface area contributed by atoms with Crippen molar-refractivity contribution < 1.29 is 19.1 Å². The van der Waals surface area contributed by atoms with Gasteiger partial charge in [0.15, 0.2) is 0 Å². The van der Waals surface area contributed by atoms with Crippen LogP contribution in [0.2, 0.25) is 5.02 Å². The number of carbonyl (C=O) groups is 2. The van der Waals surface area contributed by atoms with Crippen molar-refractivity contribution in [1.29, 1.82) is 0 Å². The lowest BCUT2D eigenvalue weighted by Gasteiger charge is -2.08. The van der Waals surface area contributed by atoms with Crippen LogP contribution in [-0.4, -0.2) is 25.8 Å². The van der Waals surface area contributed by atoms with Crippen LogP contribution in [0.5, 0.6) is 11.5 Å². The molecule has 0 saturated heterocycles. The molecular formula is C16H13ClO4. The molecule has 0 saturated carbocycles. The predicted molar refractivity (Wildman–Crippen MR) is 79.7 cm³/mol. The Morgan fingerprint density at radius 3 is 2.00 bits per heavy atom. The summed E-state index contributed by atoms with van der Waals surface area (Å²) in [4.78, 5) is 24.6. The smallest absolute Gasteiger partial charge is 0.235 e. The zero-order chi connectivity index (χ0) is 15.4. The molecule has 0 N–H and O–H groups in total. The molecule has 4 nitrogen and oxygen atoms in total. The predicted octanol–water partition coefficient (Wildman–Crippen LogP) is 3.42. The van der Waals surface area contributed by atoms with Gasteiger partial charge in [0, 0.05) is 17.2 Å². The standard InChI is InChI=1S/C16H13ClO4/c1-20-11-7-10(8-12(9-11)21-2)15(18)16(19)13-5-3-4-6-14(13)17/h3-9H,1-2H3. The number of benzene rings is 2. The van der Waals surface area contributed by atoms with Gasteiger partial charge in [-0.1, -0.05) is 23.7 Å². The number of Topliss-reactive ketones (excluding diaryl/α,β-unsaturated/α-hetero) is 2. The van der Waals surface area contributed by atoms with Gasteiger partial charge in [0.25, 0.3) is 0 Å². The second-order valence-corrected chi connectivity index (χ2v) is 4.65. The number of hydrogen-bond acceptors (Lipinski definition) is 4. The first-order valence-corrected chi connectivity index (χ1v) is 6.51. The molecule has 0 bridgehead atoms. The Kier molecular flexibility index (Phi) is 4.60. The molecule has 0 atom stereocenters. The highest BCUT2D eigenvalue weighted by atomic mass is 35.5. The molecule has 0 aliphatic heterocycles. The number of halogens is 1. The lowest BCUT2D eigenvalue weighted by atomic mass is 10.0. The topological polar surface area (TPSA) is 52.6 Å². The van der Waals surface area contributed by atoms with Crippen LogP contribution < -0.4 is 9.47 Å². The maximum absolute atomic E-state index is 12.3. The Morgan fingerprint density at radius 1 is 0.905 bits per heavy atom. The molecule has 0 aliphatic rings. The van der Waals surface area contributed by atoms with Gasteiger partial charge in [0.2, 0.25) is 11.6 Å². The third-order valence-electron chi connectivity index (χ3n) is 2.94. The zero-order valence-electron chi connectivity index (χ0n) is 11.6. The molecule has 2 aromatic rings. The zero-order valence-corrected chi connectivity index (χ0v) is 12.3. The molecule has 0 spiro atoms. The Balaban J connectivity index is 2.40. The summed E-state index contributed by atoms with van der Waals surface area (Å²) in [5.41, 5.74) is 0.363. The van der Waals surface area contributed by atoms with Crippen molar-refractivity contribution in [3.63, 3.8) is 0 Å². The van der Waals surface area contributed by atoms with Crippen molar-refractivity contribution in [2.24, 2.45) is 0 Å². The number of rotatable bonds is 5. The second kappa shape index (κ2) is 6.41. The van der Waals surface area contributed by atoms with Gasteiger partial charge in [-0.15, -0.1) is 0 Å². The van der Waals surface area contributed by atoms with Gasteiger partial charge in [0.05, 0.1) is 19.2 Å². The van der Waals surface area contributed by atoms with Crippen molar-refractivity contribution in [1.82, 2.24) is 0 Å². The van der Waals surface area contributed by atoms with Crippen LogP contribution in [0, 0.1) is 0 Å². The summed E-state index contributed by atoms with van der Waals surface area (Å²) >= 11 is 5.95. The van der Waals surface area contributed by atoms with Gasteiger partial charge in [-0.3, -0.25) is 9.59 Å². The van der Waals surface area contributed by atoms with E-state index in [1.807, 2.05) is 0 Å². The molecule has 21 heavy (non-hydrogen) atoms. The molecule has 5 heteroatoms. The highest BCUT2D eigenvalue weighted by molar-refractivity contribution is 6.52. The molecule has 0 heterocycles. The van der Waals surface area contributed by atoms with Gasteiger partial charge < -0.3 is 9.47 Å². The van der Waals surface area contributed by atoms with Crippen LogP contribution >= 0.6 is 11.6 Å². The summed E-state index contributed by atoms with van der Waals surface area (Å²) in [6.45, 7) is 0. The fourth-order valence-electron chi connectivity index (χ4n) is 1.84. The van der Waals surface area contributed by atoms with Gasteiger partial charge in [-0.05, 0) is 24.3 Å². The van der Waals surface area contributed by atoms with Crippen molar-refractivity contribution >= 4 is 23.2 Å². The van der Waals surface area contributed by atoms with Gasteiger partial charge in [-0.2, -0.15) is 0 Å². The molecule has 0 radical (unpaired) electrons. The molecule has 2 rings (SSSR count). The minimum atomic E-state index is -0.670. The molecule has 108 valence electrons. The average Bonchev–Trinajstić information content (AvgIpc) is 2.53. The first-order chi connectivity index (χ1) is 10.1. The minimum absolute atomic E-state index is 0.172. The molecule has 2 aromatic carbocycles. The van der Waals surface area contributed by atoms with Gasteiger partial charge >= 0.3 is 0 Å². The highest BCUT2D eigenvalue weighted by Crippen LogP contribution is 2.24. The van der Waals surface area contributed by atoms with Crippen LogP contribution in [0.4, 0.5) is 0 Å². The molecule has 0 amide bonds. The van der Waals surface area contributed by atoms with Crippen LogP contribution in [0.15, 0.2) is 42.5 Å². The second-order valence-electron chi connectivity index (χ2n) is 4.24. The van der Waals surface area contributed by atoms with E-state index in [9.17, 15) is 9.59 Å². The van der Waals surface area contributed by atoms with E-state index in [2.05, 4.69) is 0 Å². The number of hydrogen-bond donors (Lipinski definition) is 0. The van der Waals surface area contributed by atoms with E-state index in [1.165, 1.54) is 32.4 Å². The number of ketones is 2. The van der Waals surface area contributed by atoms with Crippen molar-refractivity contribution in [2.45, 2.75) is 0 Å². The monoisotopic (exact) mass is 304 g/mol. The van der Waals surface area contributed by atoms with E-state index in [0.29, 0.717) is 11.5 Å². The summed E-state index contributed by atoms with van der Waals surface area (Å²) in [7, 11) is 2.94. The lowest BCUT2D eigenvalue weighted by molar-refractivity contribution is 0.0816. The minimum Gasteiger partial charge on any atom is -0.497 e. The van der Waals surface area contributed by atoms with E-state index in [4.69, 9.17) is 21.1 Å². The van der Waals surface area contributed by atoms with E-state index < -0.39 is 11.6 Å². The molecular weight excluding hydrogens is 292 g/mol. The maximum atomic E-state index is 12.3. The van der Waals surface area contributed by atoms with E-state index >= 15 is 0 Å². The van der Waals surface area contributed by atoms with Gasteiger partial charge in [0.1, 0.15) is 11.5 Å². The Morgan fingerprint density at radius 2 is 1.48 bits per heavy atom. The summed E-state index contributed by atoms with van der Waals surface area (Å²) in [5.74, 6) is -0.467. The Bertz CT molecular complexity index is 672. The first-order valence-electron chi connectivity index (χ1n) is 6.13. The van der Waals surface area contributed by atoms with Crippen molar-refractivity contribution in [3.05, 3.63) is 58.6 Å². The molecule has 0 unspecified atom stereocenters. The lowest BCUT2D eigenvalue weighted by Crippen LogP contribution is -2.15. The summed E-state index contributed by atoms with van der Waals surface area (Å²) in [5, 5.41) is 0.241. The average molecular weight is 305 g/mol. The van der Waals surface area contributed by atoms with Crippen LogP contribution in [-0.2, 0) is 0 Å². The molecule has 0 aromatic heterocycles. The number of methoxy groups -OCH3 is 2. The number of carbonyl (C=O) groups excluding carboxylic acids is 2. The van der Waals surface area contributed by atoms with Crippen molar-refractivity contribution in [3.8, 4) is 11.5 Å². The van der Waals surface area contributed by atoms with Gasteiger partial charge in [-0.25, -0.2) is 0 Å². The van der Waals surface area contributed by atoms with E-state index in [1.54, 1.807) is 24.3 Å². The largest absolute Gasteiger partial charge is 0.497 e.